The Balaban J connectivity index is 1.99. The van der Waals surface area contributed by atoms with Gasteiger partial charge in [0.25, 0.3) is 0 Å². The molecule has 5 heteroatoms. The number of carbonyl (C=O) groups is 1. The number of hydrogen-bond donors (Lipinski definition) is 2. The molecule has 18 heavy (non-hydrogen) atoms. The minimum Gasteiger partial charge on any atom is -0.481 e. The van der Waals surface area contributed by atoms with E-state index in [2.05, 4.69) is 24.4 Å². The average Bonchev–Trinajstić information content (AvgIpc) is 2.94. The lowest BCUT2D eigenvalue weighted by Crippen LogP contribution is -2.22. The zero-order valence-corrected chi connectivity index (χ0v) is 11.7. The van der Waals surface area contributed by atoms with Crippen LogP contribution in [-0.2, 0) is 11.3 Å². The molecule has 0 saturated heterocycles. The predicted molar refractivity (Wildman–Crippen MR) is 75.2 cm³/mol. The molecule has 0 aliphatic carbocycles. The van der Waals surface area contributed by atoms with Crippen molar-refractivity contribution in [2.24, 2.45) is 0 Å². The highest BCUT2D eigenvalue weighted by atomic mass is 32.1. The Kier molecular flexibility index (Phi) is 4.52. The van der Waals surface area contributed by atoms with Crippen LogP contribution in [0.1, 0.15) is 27.1 Å². The van der Waals surface area contributed by atoms with Crippen LogP contribution in [0, 0.1) is 6.92 Å². The largest absolute Gasteiger partial charge is 0.481 e. The smallest absolute Gasteiger partial charge is 0.305 e. The molecule has 0 spiro atoms. The minimum atomic E-state index is -0.775. The van der Waals surface area contributed by atoms with E-state index in [9.17, 15) is 4.79 Å². The van der Waals surface area contributed by atoms with Gasteiger partial charge in [0, 0.05) is 21.2 Å². The molecule has 2 aromatic rings. The highest BCUT2D eigenvalue weighted by Crippen LogP contribution is 2.23. The van der Waals surface area contributed by atoms with Crippen LogP contribution in [-0.4, -0.2) is 11.1 Å². The van der Waals surface area contributed by atoms with E-state index in [0.29, 0.717) is 6.54 Å². The van der Waals surface area contributed by atoms with Crippen molar-refractivity contribution in [3.8, 4) is 0 Å². The first-order valence-electron chi connectivity index (χ1n) is 5.69. The standard InChI is InChI=1S/C13H15NO2S2/c1-9-4-5-10(18-9)8-14-11(7-13(15)16)12-3-2-6-17-12/h2-6,11,14H,7-8H2,1H3,(H,15,16). The topological polar surface area (TPSA) is 49.3 Å². The molecule has 0 amide bonds. The SMILES string of the molecule is Cc1ccc(CNC(CC(=O)O)c2cccs2)s1. The summed E-state index contributed by atoms with van der Waals surface area (Å²) in [5, 5.41) is 14.2. The molecule has 0 bridgehead atoms. The number of carboxylic acid groups (broad SMARTS) is 1. The molecule has 1 atom stereocenters. The number of carboxylic acids is 1. The number of thiophene rings is 2. The summed E-state index contributed by atoms with van der Waals surface area (Å²) in [5.74, 6) is -0.775. The molecule has 2 N–H and O–H groups in total. The third kappa shape index (κ3) is 3.66. The van der Waals surface area contributed by atoms with Gasteiger partial charge >= 0.3 is 5.97 Å². The summed E-state index contributed by atoms with van der Waals surface area (Å²) in [6.45, 7) is 2.79. The lowest BCUT2D eigenvalue weighted by atomic mass is 10.1. The Morgan fingerprint density at radius 3 is 2.83 bits per heavy atom. The first-order valence-corrected chi connectivity index (χ1v) is 7.38. The zero-order valence-electron chi connectivity index (χ0n) is 10.1. The molecular weight excluding hydrogens is 266 g/mol. The maximum Gasteiger partial charge on any atom is 0.305 e. The van der Waals surface area contributed by atoms with E-state index in [1.165, 1.54) is 9.75 Å². The second-order valence-corrected chi connectivity index (χ2v) is 6.41. The average molecular weight is 281 g/mol. The van der Waals surface area contributed by atoms with Crippen LogP contribution < -0.4 is 5.32 Å². The third-order valence-electron chi connectivity index (χ3n) is 2.58. The number of aryl methyl sites for hydroxylation is 1. The molecule has 3 nitrogen and oxygen atoms in total. The molecule has 0 aliphatic heterocycles. The van der Waals surface area contributed by atoms with Crippen LogP contribution in [0.25, 0.3) is 0 Å². The van der Waals surface area contributed by atoms with Crippen molar-refractivity contribution < 1.29 is 9.90 Å². The molecule has 2 aromatic heterocycles. The third-order valence-corrected chi connectivity index (χ3v) is 4.57. The number of rotatable bonds is 6. The Morgan fingerprint density at radius 1 is 1.44 bits per heavy atom. The molecule has 0 aromatic carbocycles. The highest BCUT2D eigenvalue weighted by Gasteiger charge is 2.16. The van der Waals surface area contributed by atoms with Gasteiger partial charge in [-0.25, -0.2) is 0 Å². The first kappa shape index (κ1) is 13.3. The summed E-state index contributed by atoms with van der Waals surface area (Å²) < 4.78 is 0. The molecule has 0 radical (unpaired) electrons. The van der Waals surface area contributed by atoms with Gasteiger partial charge in [-0.3, -0.25) is 4.79 Å². The summed E-state index contributed by atoms with van der Waals surface area (Å²) in [7, 11) is 0. The van der Waals surface area contributed by atoms with Gasteiger partial charge in [-0.05, 0) is 30.5 Å². The van der Waals surface area contributed by atoms with Crippen LogP contribution in [0.3, 0.4) is 0 Å². The number of nitrogens with one attached hydrogen (secondary N) is 1. The fourth-order valence-corrected chi connectivity index (χ4v) is 3.39. The fourth-order valence-electron chi connectivity index (χ4n) is 1.74. The molecule has 0 saturated carbocycles. The monoisotopic (exact) mass is 281 g/mol. The second-order valence-electron chi connectivity index (χ2n) is 4.06. The maximum atomic E-state index is 10.9. The van der Waals surface area contributed by atoms with Crippen LogP contribution in [0.15, 0.2) is 29.6 Å². The summed E-state index contributed by atoms with van der Waals surface area (Å²) in [6.07, 6.45) is 0.116. The van der Waals surface area contributed by atoms with Gasteiger partial charge in [0.1, 0.15) is 0 Å². The Labute approximate surface area is 114 Å². The molecule has 2 heterocycles. The van der Waals surface area contributed by atoms with Crippen molar-refractivity contribution in [3.63, 3.8) is 0 Å². The van der Waals surface area contributed by atoms with Crippen LogP contribution in [0.2, 0.25) is 0 Å². The molecule has 0 aliphatic rings. The fraction of sp³-hybridized carbons (Fsp3) is 0.308. The van der Waals surface area contributed by atoms with Gasteiger partial charge in [0.15, 0.2) is 0 Å². The Hall–Kier alpha value is -1.17. The van der Waals surface area contributed by atoms with Gasteiger partial charge in [-0.2, -0.15) is 0 Å². The van der Waals surface area contributed by atoms with Gasteiger partial charge in [0.2, 0.25) is 0 Å². The van der Waals surface area contributed by atoms with Crippen molar-refractivity contribution in [2.45, 2.75) is 25.9 Å². The minimum absolute atomic E-state index is 0.107. The van der Waals surface area contributed by atoms with E-state index in [4.69, 9.17) is 5.11 Å². The molecular formula is C13H15NO2S2. The van der Waals surface area contributed by atoms with Crippen molar-refractivity contribution in [1.29, 1.82) is 0 Å². The molecule has 0 fully saturated rings. The summed E-state index contributed by atoms with van der Waals surface area (Å²) in [5.41, 5.74) is 0. The molecule has 96 valence electrons. The van der Waals surface area contributed by atoms with Crippen molar-refractivity contribution in [1.82, 2.24) is 5.32 Å². The van der Waals surface area contributed by atoms with E-state index in [1.807, 2.05) is 17.5 Å². The summed E-state index contributed by atoms with van der Waals surface area (Å²) in [4.78, 5) is 14.5. The predicted octanol–water partition coefficient (Wildman–Crippen LogP) is 3.42. The van der Waals surface area contributed by atoms with Gasteiger partial charge in [-0.1, -0.05) is 6.07 Å². The first-order chi connectivity index (χ1) is 8.65. The quantitative estimate of drug-likeness (QED) is 0.853. The zero-order chi connectivity index (χ0) is 13.0. The van der Waals surface area contributed by atoms with Gasteiger partial charge in [-0.15, -0.1) is 22.7 Å². The number of aliphatic carboxylic acids is 1. The highest BCUT2D eigenvalue weighted by molar-refractivity contribution is 7.11. The molecule has 1 unspecified atom stereocenters. The second kappa shape index (κ2) is 6.13. The number of hydrogen-bond acceptors (Lipinski definition) is 4. The maximum absolute atomic E-state index is 10.9. The van der Waals surface area contributed by atoms with E-state index in [-0.39, 0.29) is 12.5 Å². The van der Waals surface area contributed by atoms with E-state index >= 15 is 0 Å². The van der Waals surface area contributed by atoms with E-state index in [1.54, 1.807) is 22.7 Å². The Bertz CT molecular complexity index is 505. The molecule has 2 rings (SSSR count). The van der Waals surface area contributed by atoms with Crippen molar-refractivity contribution >= 4 is 28.6 Å². The van der Waals surface area contributed by atoms with Crippen molar-refractivity contribution in [2.75, 3.05) is 0 Å². The summed E-state index contributed by atoms with van der Waals surface area (Å²) >= 11 is 3.33. The van der Waals surface area contributed by atoms with Crippen LogP contribution in [0.5, 0.6) is 0 Å². The van der Waals surface area contributed by atoms with Crippen molar-refractivity contribution in [3.05, 3.63) is 44.3 Å². The van der Waals surface area contributed by atoms with Crippen LogP contribution >= 0.6 is 22.7 Å². The lowest BCUT2D eigenvalue weighted by Gasteiger charge is -2.14. The lowest BCUT2D eigenvalue weighted by molar-refractivity contribution is -0.137. The summed E-state index contributed by atoms with van der Waals surface area (Å²) in [6, 6.07) is 7.99. The van der Waals surface area contributed by atoms with E-state index < -0.39 is 5.97 Å². The van der Waals surface area contributed by atoms with Gasteiger partial charge in [0.05, 0.1) is 12.5 Å². The Morgan fingerprint density at radius 2 is 2.28 bits per heavy atom. The van der Waals surface area contributed by atoms with Gasteiger partial charge < -0.3 is 10.4 Å². The normalized spacial score (nSPS) is 12.5. The van der Waals surface area contributed by atoms with E-state index in [0.717, 1.165) is 4.88 Å². The van der Waals surface area contributed by atoms with Crippen LogP contribution in [0.4, 0.5) is 0 Å².